The summed E-state index contributed by atoms with van der Waals surface area (Å²) in [5.74, 6) is -0.374. The first-order chi connectivity index (χ1) is 10.5. The number of benzene rings is 2. The molecule has 0 saturated heterocycles. The number of aryl methyl sites for hydroxylation is 1. The van der Waals surface area contributed by atoms with Gasteiger partial charge in [0.2, 0.25) is 15.9 Å². The molecule has 0 aromatic heterocycles. The lowest BCUT2D eigenvalue weighted by Crippen LogP contribution is -2.23. The molecule has 0 bridgehead atoms. The number of nitrogens with one attached hydrogen (secondary N) is 1. The van der Waals surface area contributed by atoms with Gasteiger partial charge in [-0.05, 0) is 29.7 Å². The molecule has 0 atom stereocenters. The number of primary amides is 1. The van der Waals surface area contributed by atoms with Crippen LogP contribution in [0.2, 0.25) is 0 Å². The van der Waals surface area contributed by atoms with Crippen LogP contribution < -0.4 is 10.5 Å². The van der Waals surface area contributed by atoms with Crippen molar-refractivity contribution in [3.63, 3.8) is 0 Å². The Morgan fingerprint density at radius 1 is 0.955 bits per heavy atom. The van der Waals surface area contributed by atoms with E-state index < -0.39 is 10.0 Å². The Labute approximate surface area is 130 Å². The average Bonchev–Trinajstić information content (AvgIpc) is 2.52. The molecule has 0 radical (unpaired) electrons. The summed E-state index contributed by atoms with van der Waals surface area (Å²) in [5, 5.41) is 0. The maximum absolute atomic E-state index is 12.2. The Morgan fingerprint density at radius 3 is 2.18 bits per heavy atom. The van der Waals surface area contributed by atoms with Crippen molar-refractivity contribution in [3.8, 4) is 0 Å². The Balaban J connectivity index is 2.01. The number of hydrogen-bond acceptors (Lipinski definition) is 3. The molecule has 0 aliphatic heterocycles. The van der Waals surface area contributed by atoms with Gasteiger partial charge in [-0.15, -0.1) is 0 Å². The smallest absolute Gasteiger partial charge is 0.240 e. The maximum Gasteiger partial charge on any atom is 0.240 e. The zero-order chi connectivity index (χ0) is 16.0. The molecule has 116 valence electrons. The van der Waals surface area contributed by atoms with Gasteiger partial charge in [-0.3, -0.25) is 4.79 Å². The second-order valence-corrected chi connectivity index (χ2v) is 6.69. The van der Waals surface area contributed by atoms with Crippen molar-refractivity contribution in [2.45, 2.75) is 24.3 Å². The van der Waals surface area contributed by atoms with E-state index in [0.717, 1.165) is 11.1 Å². The summed E-state index contributed by atoms with van der Waals surface area (Å²) < 4.78 is 27.0. The van der Waals surface area contributed by atoms with Crippen molar-refractivity contribution in [2.24, 2.45) is 5.73 Å². The van der Waals surface area contributed by atoms with Crippen LogP contribution in [0.15, 0.2) is 59.5 Å². The fourth-order valence-corrected chi connectivity index (χ4v) is 2.98. The topological polar surface area (TPSA) is 89.3 Å². The summed E-state index contributed by atoms with van der Waals surface area (Å²) in [6.45, 7) is 0.243. The van der Waals surface area contributed by atoms with E-state index in [1.165, 1.54) is 12.1 Å². The van der Waals surface area contributed by atoms with E-state index in [-0.39, 0.29) is 23.8 Å². The fraction of sp³-hybridized carbons (Fsp3) is 0.188. The monoisotopic (exact) mass is 318 g/mol. The van der Waals surface area contributed by atoms with Crippen molar-refractivity contribution in [2.75, 3.05) is 0 Å². The number of carbonyl (C=O) groups excluding carboxylic acids is 1. The summed E-state index contributed by atoms with van der Waals surface area (Å²) in [7, 11) is -3.55. The molecule has 6 heteroatoms. The first kappa shape index (κ1) is 16.2. The third kappa shape index (κ3) is 4.68. The van der Waals surface area contributed by atoms with Crippen LogP contribution in [-0.2, 0) is 27.8 Å². The van der Waals surface area contributed by atoms with Crippen molar-refractivity contribution in [1.82, 2.24) is 4.72 Å². The fourth-order valence-electron chi connectivity index (χ4n) is 1.96. The molecular weight excluding hydrogens is 300 g/mol. The van der Waals surface area contributed by atoms with Gasteiger partial charge in [-0.2, -0.15) is 0 Å². The Kier molecular flexibility index (Phi) is 5.30. The highest BCUT2D eigenvalue weighted by Crippen LogP contribution is 2.12. The standard InChI is InChI=1S/C16H18N2O3S/c17-16(19)11-8-13-6-9-15(10-7-13)22(20,21)18-12-14-4-2-1-3-5-14/h1-7,9-10,18H,8,11-12H2,(H2,17,19). The predicted molar refractivity (Wildman–Crippen MR) is 84.4 cm³/mol. The largest absolute Gasteiger partial charge is 0.370 e. The molecule has 2 aromatic rings. The van der Waals surface area contributed by atoms with Crippen LogP contribution >= 0.6 is 0 Å². The lowest BCUT2D eigenvalue weighted by atomic mass is 10.1. The minimum absolute atomic E-state index is 0.200. The summed E-state index contributed by atoms with van der Waals surface area (Å²) >= 11 is 0. The normalized spacial score (nSPS) is 11.3. The molecular formula is C16H18N2O3S. The highest BCUT2D eigenvalue weighted by molar-refractivity contribution is 7.89. The van der Waals surface area contributed by atoms with E-state index >= 15 is 0 Å². The van der Waals surface area contributed by atoms with Gasteiger partial charge >= 0.3 is 0 Å². The minimum Gasteiger partial charge on any atom is -0.370 e. The van der Waals surface area contributed by atoms with E-state index in [4.69, 9.17) is 5.73 Å². The highest BCUT2D eigenvalue weighted by Gasteiger charge is 2.13. The number of sulfonamides is 1. The van der Waals surface area contributed by atoms with E-state index in [2.05, 4.69) is 4.72 Å². The zero-order valence-electron chi connectivity index (χ0n) is 12.0. The lowest BCUT2D eigenvalue weighted by molar-refractivity contribution is -0.117. The van der Waals surface area contributed by atoms with Crippen LogP contribution in [0.3, 0.4) is 0 Å². The molecule has 1 amide bonds. The van der Waals surface area contributed by atoms with Gasteiger partial charge in [-0.1, -0.05) is 42.5 Å². The van der Waals surface area contributed by atoms with Crippen LogP contribution in [0, 0.1) is 0 Å². The zero-order valence-corrected chi connectivity index (χ0v) is 12.8. The Morgan fingerprint density at radius 2 is 1.59 bits per heavy atom. The first-order valence-corrected chi connectivity index (χ1v) is 8.36. The van der Waals surface area contributed by atoms with E-state index in [1.54, 1.807) is 12.1 Å². The molecule has 0 aliphatic rings. The lowest BCUT2D eigenvalue weighted by Gasteiger charge is -2.08. The van der Waals surface area contributed by atoms with Crippen LogP contribution in [0.5, 0.6) is 0 Å². The first-order valence-electron chi connectivity index (χ1n) is 6.88. The molecule has 0 heterocycles. The van der Waals surface area contributed by atoms with Crippen LogP contribution in [0.1, 0.15) is 17.5 Å². The minimum atomic E-state index is -3.55. The molecule has 2 rings (SSSR count). The molecule has 5 nitrogen and oxygen atoms in total. The van der Waals surface area contributed by atoms with Crippen molar-refractivity contribution >= 4 is 15.9 Å². The van der Waals surface area contributed by atoms with Crippen LogP contribution in [0.25, 0.3) is 0 Å². The second kappa shape index (κ2) is 7.20. The van der Waals surface area contributed by atoms with E-state index in [0.29, 0.717) is 6.42 Å². The third-order valence-electron chi connectivity index (χ3n) is 3.20. The molecule has 2 aromatic carbocycles. The summed E-state index contributed by atoms with van der Waals surface area (Å²) in [6.07, 6.45) is 0.755. The maximum atomic E-state index is 12.2. The average molecular weight is 318 g/mol. The number of amides is 1. The SMILES string of the molecule is NC(=O)CCc1ccc(S(=O)(=O)NCc2ccccc2)cc1. The van der Waals surface area contributed by atoms with Gasteiger partial charge in [0.15, 0.2) is 0 Å². The Hall–Kier alpha value is -2.18. The van der Waals surface area contributed by atoms with E-state index in [9.17, 15) is 13.2 Å². The predicted octanol–water partition coefficient (Wildman–Crippen LogP) is 1.58. The van der Waals surface area contributed by atoms with Crippen molar-refractivity contribution in [1.29, 1.82) is 0 Å². The number of nitrogens with two attached hydrogens (primary N) is 1. The van der Waals surface area contributed by atoms with Gasteiger partial charge in [0.05, 0.1) is 4.90 Å². The van der Waals surface area contributed by atoms with Gasteiger partial charge in [0.25, 0.3) is 0 Å². The number of hydrogen-bond donors (Lipinski definition) is 2. The Bertz CT molecular complexity index is 726. The number of rotatable bonds is 7. The quantitative estimate of drug-likeness (QED) is 0.812. The molecule has 0 unspecified atom stereocenters. The molecule has 0 spiro atoms. The van der Waals surface area contributed by atoms with Gasteiger partial charge in [0, 0.05) is 13.0 Å². The summed E-state index contributed by atoms with van der Waals surface area (Å²) in [4.78, 5) is 10.9. The number of carbonyl (C=O) groups is 1. The molecule has 22 heavy (non-hydrogen) atoms. The summed E-state index contributed by atoms with van der Waals surface area (Å²) in [6, 6.07) is 15.8. The highest BCUT2D eigenvalue weighted by atomic mass is 32.2. The van der Waals surface area contributed by atoms with Gasteiger partial charge in [0.1, 0.15) is 0 Å². The summed E-state index contributed by atoms with van der Waals surface area (Å²) in [5.41, 5.74) is 6.86. The van der Waals surface area contributed by atoms with Crippen LogP contribution in [0.4, 0.5) is 0 Å². The molecule has 3 N–H and O–H groups in total. The van der Waals surface area contributed by atoms with Crippen molar-refractivity contribution < 1.29 is 13.2 Å². The third-order valence-corrected chi connectivity index (χ3v) is 4.62. The second-order valence-electron chi connectivity index (χ2n) is 4.92. The molecule has 0 aliphatic carbocycles. The van der Waals surface area contributed by atoms with E-state index in [1.807, 2.05) is 30.3 Å². The van der Waals surface area contributed by atoms with Gasteiger partial charge < -0.3 is 5.73 Å². The van der Waals surface area contributed by atoms with Crippen LogP contribution in [-0.4, -0.2) is 14.3 Å². The van der Waals surface area contributed by atoms with Gasteiger partial charge in [-0.25, -0.2) is 13.1 Å². The van der Waals surface area contributed by atoms with Crippen molar-refractivity contribution in [3.05, 3.63) is 65.7 Å². The molecule has 0 fully saturated rings. The molecule has 0 saturated carbocycles.